The van der Waals surface area contributed by atoms with Crippen LogP contribution in [0.5, 0.6) is 17.2 Å². The summed E-state index contributed by atoms with van der Waals surface area (Å²) in [5, 5.41) is 12.7. The van der Waals surface area contributed by atoms with Crippen LogP contribution in [0.1, 0.15) is 25.8 Å². The summed E-state index contributed by atoms with van der Waals surface area (Å²) in [6.07, 6.45) is 0.425. The Balaban J connectivity index is 2.05. The topological polar surface area (TPSA) is 60.0 Å². The van der Waals surface area contributed by atoms with Crippen molar-refractivity contribution >= 4 is 0 Å². The molecule has 0 spiro atoms. The molecular weight excluding hydrogens is 258 g/mol. The molecule has 5 nitrogen and oxygen atoms in total. The van der Waals surface area contributed by atoms with Crippen LogP contribution in [0.25, 0.3) is 0 Å². The molecule has 2 rings (SSSR count). The van der Waals surface area contributed by atoms with E-state index in [0.29, 0.717) is 31.3 Å². The number of rotatable bonds is 6. The number of methoxy groups -OCH3 is 1. The van der Waals surface area contributed by atoms with E-state index in [4.69, 9.17) is 14.2 Å². The van der Waals surface area contributed by atoms with Gasteiger partial charge in [0.1, 0.15) is 13.2 Å². The van der Waals surface area contributed by atoms with E-state index in [2.05, 4.69) is 12.2 Å². The molecule has 0 aromatic heterocycles. The second kappa shape index (κ2) is 6.81. The van der Waals surface area contributed by atoms with E-state index in [1.54, 1.807) is 14.0 Å². The van der Waals surface area contributed by atoms with Crippen LogP contribution in [0.4, 0.5) is 0 Å². The summed E-state index contributed by atoms with van der Waals surface area (Å²) >= 11 is 0. The van der Waals surface area contributed by atoms with Crippen molar-refractivity contribution in [3.8, 4) is 17.2 Å². The number of aliphatic hydroxyl groups is 1. The van der Waals surface area contributed by atoms with E-state index in [0.717, 1.165) is 17.7 Å². The van der Waals surface area contributed by atoms with Crippen LogP contribution >= 0.6 is 0 Å². The van der Waals surface area contributed by atoms with Gasteiger partial charge in [0.25, 0.3) is 0 Å². The Hall–Kier alpha value is -1.46. The van der Waals surface area contributed by atoms with Gasteiger partial charge in [-0.25, -0.2) is 0 Å². The van der Waals surface area contributed by atoms with Crippen LogP contribution < -0.4 is 19.5 Å². The van der Waals surface area contributed by atoms with Crippen molar-refractivity contribution in [3.05, 3.63) is 17.7 Å². The summed E-state index contributed by atoms with van der Waals surface area (Å²) in [6, 6.07) is 4.17. The number of fused-ring (bicyclic) bond motifs is 1. The highest BCUT2D eigenvalue weighted by Crippen LogP contribution is 2.40. The smallest absolute Gasteiger partial charge is 0.203 e. The maximum atomic E-state index is 9.36. The van der Waals surface area contributed by atoms with Gasteiger partial charge in [0, 0.05) is 12.6 Å². The molecule has 0 saturated heterocycles. The SMILES string of the molecule is COc1cc(CNC(C)CC(C)O)cc2c1OCCO2. The largest absolute Gasteiger partial charge is 0.493 e. The first kappa shape index (κ1) is 14.9. The van der Waals surface area contributed by atoms with Crippen LogP contribution in [0.15, 0.2) is 12.1 Å². The van der Waals surface area contributed by atoms with Gasteiger partial charge in [0.05, 0.1) is 13.2 Å². The monoisotopic (exact) mass is 281 g/mol. The van der Waals surface area contributed by atoms with Crippen molar-refractivity contribution in [1.82, 2.24) is 5.32 Å². The van der Waals surface area contributed by atoms with Gasteiger partial charge in [-0.3, -0.25) is 0 Å². The lowest BCUT2D eigenvalue weighted by molar-refractivity contribution is 0.164. The van der Waals surface area contributed by atoms with Gasteiger partial charge in [0.2, 0.25) is 5.75 Å². The summed E-state index contributed by atoms with van der Waals surface area (Å²) in [6.45, 7) is 5.66. The van der Waals surface area contributed by atoms with Gasteiger partial charge >= 0.3 is 0 Å². The standard InChI is InChI=1S/C15H23NO4/c1-10(6-11(2)17)16-9-12-7-13(18-3)15-14(8-12)19-4-5-20-15/h7-8,10-11,16-17H,4-6,9H2,1-3H3. The molecule has 2 N–H and O–H groups in total. The first-order valence-electron chi connectivity index (χ1n) is 6.98. The predicted octanol–water partition coefficient (Wildman–Crippen LogP) is 1.72. The summed E-state index contributed by atoms with van der Waals surface area (Å²) in [4.78, 5) is 0. The fraction of sp³-hybridized carbons (Fsp3) is 0.600. The molecular formula is C15H23NO4. The molecule has 112 valence electrons. The van der Waals surface area contributed by atoms with Crippen molar-refractivity contribution < 1.29 is 19.3 Å². The minimum atomic E-state index is -0.299. The summed E-state index contributed by atoms with van der Waals surface area (Å²) in [5.41, 5.74) is 1.07. The zero-order chi connectivity index (χ0) is 14.5. The third kappa shape index (κ3) is 3.77. The molecule has 1 aliphatic heterocycles. The average molecular weight is 281 g/mol. The maximum absolute atomic E-state index is 9.36. The van der Waals surface area contributed by atoms with Crippen molar-refractivity contribution in [1.29, 1.82) is 0 Å². The minimum Gasteiger partial charge on any atom is -0.493 e. The summed E-state index contributed by atoms with van der Waals surface area (Å²) < 4.78 is 16.5. The average Bonchev–Trinajstić information content (AvgIpc) is 2.43. The van der Waals surface area contributed by atoms with E-state index in [1.807, 2.05) is 12.1 Å². The molecule has 0 saturated carbocycles. The van der Waals surface area contributed by atoms with Crippen LogP contribution in [-0.4, -0.2) is 37.6 Å². The minimum absolute atomic E-state index is 0.245. The number of aliphatic hydroxyl groups excluding tert-OH is 1. The quantitative estimate of drug-likeness (QED) is 0.831. The number of nitrogens with one attached hydrogen (secondary N) is 1. The Kier molecular flexibility index (Phi) is 5.09. The Bertz CT molecular complexity index is 430. The summed E-state index contributed by atoms with van der Waals surface area (Å²) in [5.74, 6) is 2.11. The number of hydrogen-bond donors (Lipinski definition) is 2. The van der Waals surface area contributed by atoms with Crippen LogP contribution in [0, 0.1) is 0 Å². The van der Waals surface area contributed by atoms with Crippen molar-refractivity contribution in [2.24, 2.45) is 0 Å². The van der Waals surface area contributed by atoms with Crippen LogP contribution in [-0.2, 0) is 6.54 Å². The molecule has 1 heterocycles. The zero-order valence-electron chi connectivity index (χ0n) is 12.3. The number of benzene rings is 1. The van der Waals surface area contributed by atoms with Gasteiger partial charge in [-0.05, 0) is 38.0 Å². The highest BCUT2D eigenvalue weighted by Gasteiger charge is 2.18. The Labute approximate surface area is 119 Å². The fourth-order valence-corrected chi connectivity index (χ4v) is 2.32. The highest BCUT2D eigenvalue weighted by molar-refractivity contribution is 5.54. The van der Waals surface area contributed by atoms with Gasteiger partial charge in [0.15, 0.2) is 11.5 Å². The second-order valence-corrected chi connectivity index (χ2v) is 5.19. The van der Waals surface area contributed by atoms with E-state index >= 15 is 0 Å². The first-order valence-corrected chi connectivity index (χ1v) is 6.98. The van der Waals surface area contributed by atoms with Crippen LogP contribution in [0.3, 0.4) is 0 Å². The van der Waals surface area contributed by atoms with Gasteiger partial charge in [-0.15, -0.1) is 0 Å². The lowest BCUT2D eigenvalue weighted by atomic mass is 10.1. The second-order valence-electron chi connectivity index (χ2n) is 5.19. The van der Waals surface area contributed by atoms with Crippen molar-refractivity contribution in [3.63, 3.8) is 0 Å². The lowest BCUT2D eigenvalue weighted by Crippen LogP contribution is -2.28. The molecule has 0 bridgehead atoms. The molecule has 0 radical (unpaired) electrons. The molecule has 1 aliphatic rings. The fourth-order valence-electron chi connectivity index (χ4n) is 2.32. The normalized spacial score (nSPS) is 16.6. The van der Waals surface area contributed by atoms with E-state index in [-0.39, 0.29) is 12.1 Å². The third-order valence-corrected chi connectivity index (χ3v) is 3.24. The molecule has 1 aromatic rings. The van der Waals surface area contributed by atoms with Gasteiger partial charge < -0.3 is 24.6 Å². The van der Waals surface area contributed by atoms with Crippen molar-refractivity contribution in [2.45, 2.75) is 39.0 Å². The maximum Gasteiger partial charge on any atom is 0.203 e. The molecule has 1 aromatic carbocycles. The molecule has 0 aliphatic carbocycles. The van der Waals surface area contributed by atoms with Crippen molar-refractivity contribution in [2.75, 3.05) is 20.3 Å². The first-order chi connectivity index (χ1) is 9.60. The molecule has 2 unspecified atom stereocenters. The molecule has 0 amide bonds. The Morgan fingerprint density at radius 3 is 2.75 bits per heavy atom. The number of hydrogen-bond acceptors (Lipinski definition) is 5. The van der Waals surface area contributed by atoms with E-state index in [1.165, 1.54) is 0 Å². The Morgan fingerprint density at radius 1 is 1.30 bits per heavy atom. The van der Waals surface area contributed by atoms with Gasteiger partial charge in [-0.2, -0.15) is 0 Å². The van der Waals surface area contributed by atoms with Crippen LogP contribution in [0.2, 0.25) is 0 Å². The highest BCUT2D eigenvalue weighted by atomic mass is 16.6. The predicted molar refractivity (Wildman–Crippen MR) is 76.6 cm³/mol. The Morgan fingerprint density at radius 2 is 2.05 bits per heavy atom. The molecule has 20 heavy (non-hydrogen) atoms. The van der Waals surface area contributed by atoms with Gasteiger partial charge in [-0.1, -0.05) is 0 Å². The lowest BCUT2D eigenvalue weighted by Gasteiger charge is -2.22. The molecule has 2 atom stereocenters. The van der Waals surface area contributed by atoms with E-state index in [9.17, 15) is 5.11 Å². The third-order valence-electron chi connectivity index (χ3n) is 3.24. The van der Waals surface area contributed by atoms with E-state index < -0.39 is 0 Å². The molecule has 0 fully saturated rings. The zero-order valence-corrected chi connectivity index (χ0v) is 12.3. The summed E-state index contributed by atoms with van der Waals surface area (Å²) in [7, 11) is 1.63. The molecule has 5 heteroatoms. The number of ether oxygens (including phenoxy) is 3.